The monoisotopic (exact) mass is 168 g/mol. The minimum absolute atomic E-state index is 0.400. The van der Waals surface area contributed by atoms with Crippen molar-refractivity contribution in [2.45, 2.75) is 51.9 Å². The molecule has 1 unspecified atom stereocenters. The Bertz CT molecular complexity index is 131. The summed E-state index contributed by atoms with van der Waals surface area (Å²) >= 11 is 0. The zero-order chi connectivity index (χ0) is 8.81. The predicted molar refractivity (Wildman–Crippen MR) is 51.0 cm³/mol. The van der Waals surface area contributed by atoms with Gasteiger partial charge in [-0.1, -0.05) is 32.6 Å². The van der Waals surface area contributed by atoms with Crippen molar-refractivity contribution in [3.05, 3.63) is 0 Å². The van der Waals surface area contributed by atoms with Crippen molar-refractivity contribution in [1.29, 1.82) is 0 Å². The topological polar surface area (TPSA) is 17.1 Å². The minimum Gasteiger partial charge on any atom is -0.303 e. The van der Waals surface area contributed by atoms with E-state index in [1.165, 1.54) is 38.5 Å². The van der Waals surface area contributed by atoms with Gasteiger partial charge in [-0.3, -0.25) is 0 Å². The standard InChI is InChI=1S/C11H20O/c1-2-3-4-5-10-6-7-11(8-10)9-12/h9-11H,2-8H2,1H3/t10-,11?/m1/s1. The van der Waals surface area contributed by atoms with Crippen LogP contribution in [0.4, 0.5) is 0 Å². The summed E-state index contributed by atoms with van der Waals surface area (Å²) in [7, 11) is 0. The summed E-state index contributed by atoms with van der Waals surface area (Å²) in [5.74, 6) is 1.27. The number of carbonyl (C=O) groups is 1. The predicted octanol–water partition coefficient (Wildman–Crippen LogP) is 3.18. The van der Waals surface area contributed by atoms with Crippen LogP contribution in [-0.2, 0) is 4.79 Å². The van der Waals surface area contributed by atoms with Gasteiger partial charge in [-0.2, -0.15) is 0 Å². The van der Waals surface area contributed by atoms with Gasteiger partial charge in [0.2, 0.25) is 0 Å². The smallest absolute Gasteiger partial charge is 0.123 e. The summed E-state index contributed by atoms with van der Waals surface area (Å²) < 4.78 is 0. The Morgan fingerprint density at radius 3 is 2.75 bits per heavy atom. The van der Waals surface area contributed by atoms with Gasteiger partial charge in [0.1, 0.15) is 6.29 Å². The van der Waals surface area contributed by atoms with Crippen molar-refractivity contribution in [2.24, 2.45) is 11.8 Å². The van der Waals surface area contributed by atoms with Crippen molar-refractivity contribution in [3.63, 3.8) is 0 Å². The van der Waals surface area contributed by atoms with E-state index in [1.54, 1.807) is 0 Å². The summed E-state index contributed by atoms with van der Waals surface area (Å²) in [6.07, 6.45) is 10.2. The minimum atomic E-state index is 0.400. The molecule has 0 bridgehead atoms. The van der Waals surface area contributed by atoms with Gasteiger partial charge in [0, 0.05) is 5.92 Å². The van der Waals surface area contributed by atoms with E-state index >= 15 is 0 Å². The fourth-order valence-electron chi connectivity index (χ4n) is 2.18. The fraction of sp³-hybridized carbons (Fsp3) is 0.909. The van der Waals surface area contributed by atoms with Crippen molar-refractivity contribution < 1.29 is 4.79 Å². The van der Waals surface area contributed by atoms with Gasteiger partial charge in [-0.05, 0) is 25.2 Å². The van der Waals surface area contributed by atoms with E-state index in [2.05, 4.69) is 6.92 Å². The molecule has 1 saturated carbocycles. The van der Waals surface area contributed by atoms with Gasteiger partial charge in [-0.25, -0.2) is 0 Å². The van der Waals surface area contributed by atoms with Crippen LogP contribution in [0.15, 0.2) is 0 Å². The van der Waals surface area contributed by atoms with Crippen LogP contribution in [0.2, 0.25) is 0 Å². The second-order valence-electron chi connectivity index (χ2n) is 4.07. The van der Waals surface area contributed by atoms with Gasteiger partial charge in [-0.15, -0.1) is 0 Å². The van der Waals surface area contributed by atoms with Crippen LogP contribution in [0.5, 0.6) is 0 Å². The van der Waals surface area contributed by atoms with Crippen LogP contribution in [0.1, 0.15) is 51.9 Å². The first-order chi connectivity index (χ1) is 5.86. The number of carbonyl (C=O) groups excluding carboxylic acids is 1. The maximum Gasteiger partial charge on any atom is 0.123 e. The Balaban J connectivity index is 2.06. The molecule has 2 atom stereocenters. The molecule has 0 heterocycles. The van der Waals surface area contributed by atoms with E-state index in [9.17, 15) is 4.79 Å². The molecule has 1 aliphatic carbocycles. The highest BCUT2D eigenvalue weighted by Crippen LogP contribution is 2.32. The maximum atomic E-state index is 10.5. The van der Waals surface area contributed by atoms with E-state index in [0.717, 1.165) is 18.6 Å². The average Bonchev–Trinajstić information content (AvgIpc) is 2.53. The van der Waals surface area contributed by atoms with E-state index < -0.39 is 0 Å². The van der Waals surface area contributed by atoms with Crippen LogP contribution in [-0.4, -0.2) is 6.29 Å². The summed E-state index contributed by atoms with van der Waals surface area (Å²) in [4.78, 5) is 10.5. The maximum absolute atomic E-state index is 10.5. The Kier molecular flexibility index (Phi) is 4.34. The lowest BCUT2D eigenvalue weighted by Gasteiger charge is -2.07. The Morgan fingerprint density at radius 1 is 1.33 bits per heavy atom. The molecule has 12 heavy (non-hydrogen) atoms. The fourth-order valence-corrected chi connectivity index (χ4v) is 2.18. The lowest BCUT2D eigenvalue weighted by Crippen LogP contribution is -1.97. The van der Waals surface area contributed by atoms with Crippen LogP contribution in [0.3, 0.4) is 0 Å². The quantitative estimate of drug-likeness (QED) is 0.455. The van der Waals surface area contributed by atoms with E-state index in [0.29, 0.717) is 5.92 Å². The molecule has 0 amide bonds. The summed E-state index contributed by atoms with van der Waals surface area (Å²) in [5, 5.41) is 0. The molecule has 1 rings (SSSR count). The van der Waals surface area contributed by atoms with Crippen LogP contribution >= 0.6 is 0 Å². The number of hydrogen-bond acceptors (Lipinski definition) is 1. The van der Waals surface area contributed by atoms with Crippen molar-refractivity contribution in [3.8, 4) is 0 Å². The summed E-state index contributed by atoms with van der Waals surface area (Å²) in [5.41, 5.74) is 0. The van der Waals surface area contributed by atoms with Crippen molar-refractivity contribution in [1.82, 2.24) is 0 Å². The van der Waals surface area contributed by atoms with Crippen molar-refractivity contribution in [2.75, 3.05) is 0 Å². The first-order valence-corrected chi connectivity index (χ1v) is 5.32. The van der Waals surface area contributed by atoms with E-state index in [4.69, 9.17) is 0 Å². The first-order valence-electron chi connectivity index (χ1n) is 5.32. The van der Waals surface area contributed by atoms with Crippen molar-refractivity contribution >= 4 is 6.29 Å². The lowest BCUT2D eigenvalue weighted by atomic mass is 9.99. The zero-order valence-electron chi connectivity index (χ0n) is 8.09. The molecule has 0 N–H and O–H groups in total. The molecule has 0 radical (unpaired) electrons. The van der Waals surface area contributed by atoms with Gasteiger partial charge in [0.05, 0.1) is 0 Å². The molecule has 1 nitrogen and oxygen atoms in total. The van der Waals surface area contributed by atoms with Gasteiger partial charge < -0.3 is 4.79 Å². The number of rotatable bonds is 5. The van der Waals surface area contributed by atoms with Gasteiger partial charge in [0.25, 0.3) is 0 Å². The van der Waals surface area contributed by atoms with Gasteiger partial charge >= 0.3 is 0 Å². The molecule has 0 aliphatic heterocycles. The Hall–Kier alpha value is -0.330. The Labute approximate surface area is 75.5 Å². The molecule has 1 heteroatoms. The molecule has 0 spiro atoms. The Morgan fingerprint density at radius 2 is 2.17 bits per heavy atom. The van der Waals surface area contributed by atoms with E-state index in [-0.39, 0.29) is 0 Å². The molecule has 0 saturated heterocycles. The number of unbranched alkanes of at least 4 members (excludes halogenated alkanes) is 2. The van der Waals surface area contributed by atoms with Crippen LogP contribution in [0.25, 0.3) is 0 Å². The molecule has 0 aromatic rings. The molecule has 1 aliphatic rings. The third kappa shape index (κ3) is 2.96. The SMILES string of the molecule is CCCCC[C@@H]1CCC(C=O)C1. The molecular formula is C11H20O. The first kappa shape index (κ1) is 9.76. The number of hydrogen-bond donors (Lipinski definition) is 0. The third-order valence-electron chi connectivity index (χ3n) is 2.99. The lowest BCUT2D eigenvalue weighted by molar-refractivity contribution is -0.111. The third-order valence-corrected chi connectivity index (χ3v) is 2.99. The normalized spacial score (nSPS) is 29.1. The highest BCUT2D eigenvalue weighted by molar-refractivity contribution is 5.53. The molecular weight excluding hydrogens is 148 g/mol. The summed E-state index contributed by atoms with van der Waals surface area (Å²) in [6.45, 7) is 2.24. The molecule has 0 aromatic heterocycles. The second-order valence-corrected chi connectivity index (χ2v) is 4.07. The molecule has 0 aromatic carbocycles. The second kappa shape index (κ2) is 5.34. The average molecular weight is 168 g/mol. The zero-order valence-corrected chi connectivity index (χ0v) is 8.09. The highest BCUT2D eigenvalue weighted by atomic mass is 16.1. The molecule has 1 fully saturated rings. The highest BCUT2D eigenvalue weighted by Gasteiger charge is 2.23. The van der Waals surface area contributed by atoms with Gasteiger partial charge in [0.15, 0.2) is 0 Å². The van der Waals surface area contributed by atoms with E-state index in [1.807, 2.05) is 0 Å². The number of aldehydes is 1. The van der Waals surface area contributed by atoms with Crippen LogP contribution < -0.4 is 0 Å². The summed E-state index contributed by atoms with van der Waals surface area (Å²) in [6, 6.07) is 0. The van der Waals surface area contributed by atoms with Crippen LogP contribution in [0, 0.1) is 11.8 Å². The largest absolute Gasteiger partial charge is 0.303 e. The molecule has 70 valence electrons.